The maximum atomic E-state index is 14.5. The van der Waals surface area contributed by atoms with Gasteiger partial charge in [-0.1, -0.05) is 12.1 Å². The molecule has 0 fully saturated rings. The molecular formula is C27H23F5N2O7S. The quantitative estimate of drug-likeness (QED) is 0.311. The van der Waals surface area contributed by atoms with Crippen molar-refractivity contribution >= 4 is 27.6 Å². The van der Waals surface area contributed by atoms with E-state index in [1.54, 1.807) is 0 Å². The van der Waals surface area contributed by atoms with Crippen molar-refractivity contribution < 1.29 is 54.9 Å². The van der Waals surface area contributed by atoms with E-state index >= 15 is 0 Å². The smallest absolute Gasteiger partial charge is 0.416 e. The molecule has 0 saturated heterocycles. The van der Waals surface area contributed by atoms with Crippen molar-refractivity contribution in [2.45, 2.75) is 36.1 Å². The van der Waals surface area contributed by atoms with Gasteiger partial charge in [0, 0.05) is 12.0 Å². The van der Waals surface area contributed by atoms with Crippen molar-refractivity contribution in [3.8, 4) is 16.9 Å². The number of carbonyl (C=O) groups is 2. The van der Waals surface area contributed by atoms with E-state index in [2.05, 4.69) is 5.32 Å². The SMILES string of the molecule is O=C(CC[C@H]1CN(S(=O)(=O)c2cccc(C(F)(F)F)c2)c2cc(-c3cc(F)ccc3F)ccc2O1)NC[C@H](O)C(=O)O. The number of sulfonamides is 1. The number of amides is 1. The Bertz CT molecular complexity index is 1610. The van der Waals surface area contributed by atoms with Crippen molar-refractivity contribution in [3.63, 3.8) is 0 Å². The molecule has 1 aliphatic heterocycles. The summed E-state index contributed by atoms with van der Waals surface area (Å²) in [6.07, 6.45) is -8.05. The number of ether oxygens (including phenoxy) is 1. The summed E-state index contributed by atoms with van der Waals surface area (Å²) in [5.74, 6) is -3.84. The second kappa shape index (κ2) is 11.9. The van der Waals surface area contributed by atoms with Gasteiger partial charge >= 0.3 is 12.1 Å². The summed E-state index contributed by atoms with van der Waals surface area (Å²) in [7, 11) is -4.69. The molecular weight excluding hydrogens is 591 g/mol. The van der Waals surface area contributed by atoms with Crippen molar-refractivity contribution in [1.82, 2.24) is 5.32 Å². The fourth-order valence-corrected chi connectivity index (χ4v) is 5.76. The fourth-order valence-electron chi connectivity index (χ4n) is 4.21. The molecule has 0 saturated carbocycles. The number of aliphatic carboxylic acids is 1. The van der Waals surface area contributed by atoms with E-state index < -0.39 is 75.5 Å². The molecule has 0 aliphatic carbocycles. The van der Waals surface area contributed by atoms with Gasteiger partial charge in [0.1, 0.15) is 23.5 Å². The first kappa shape index (κ1) is 30.7. The highest BCUT2D eigenvalue weighted by atomic mass is 32.2. The molecule has 2 atom stereocenters. The van der Waals surface area contributed by atoms with Gasteiger partial charge in [-0.2, -0.15) is 13.2 Å². The van der Waals surface area contributed by atoms with Gasteiger partial charge in [-0.3, -0.25) is 9.10 Å². The van der Waals surface area contributed by atoms with E-state index in [4.69, 9.17) is 9.84 Å². The summed E-state index contributed by atoms with van der Waals surface area (Å²) in [4.78, 5) is 22.2. The number of aliphatic hydroxyl groups excluding tert-OH is 1. The summed E-state index contributed by atoms with van der Waals surface area (Å²) in [5, 5.41) is 20.2. The first-order valence-electron chi connectivity index (χ1n) is 12.3. The lowest BCUT2D eigenvalue weighted by atomic mass is 10.0. The van der Waals surface area contributed by atoms with Gasteiger partial charge in [0.2, 0.25) is 5.91 Å². The molecule has 15 heteroatoms. The van der Waals surface area contributed by atoms with Crippen LogP contribution in [-0.2, 0) is 25.8 Å². The normalized spacial score (nSPS) is 15.9. The highest BCUT2D eigenvalue weighted by Gasteiger charge is 2.37. The molecule has 224 valence electrons. The molecule has 3 N–H and O–H groups in total. The van der Waals surface area contributed by atoms with Crippen LogP contribution in [0.25, 0.3) is 11.1 Å². The Kier molecular flexibility index (Phi) is 8.73. The lowest BCUT2D eigenvalue weighted by Crippen LogP contribution is -2.44. The molecule has 0 bridgehead atoms. The second-order valence-corrected chi connectivity index (χ2v) is 11.2. The molecule has 1 heterocycles. The van der Waals surface area contributed by atoms with Gasteiger partial charge in [-0.25, -0.2) is 22.0 Å². The number of nitrogens with zero attached hydrogens (tertiary/aromatic N) is 1. The monoisotopic (exact) mass is 614 g/mol. The number of hydrogen-bond donors (Lipinski definition) is 3. The zero-order valence-corrected chi connectivity index (χ0v) is 22.3. The van der Waals surface area contributed by atoms with Gasteiger partial charge < -0.3 is 20.3 Å². The van der Waals surface area contributed by atoms with Crippen LogP contribution < -0.4 is 14.4 Å². The van der Waals surface area contributed by atoms with E-state index in [0.29, 0.717) is 12.1 Å². The molecule has 0 unspecified atom stereocenters. The number of nitrogens with one attached hydrogen (secondary N) is 1. The Morgan fingerprint density at radius 3 is 2.50 bits per heavy atom. The molecule has 42 heavy (non-hydrogen) atoms. The Labute approximate surface area is 236 Å². The topological polar surface area (TPSA) is 133 Å². The Morgan fingerprint density at radius 2 is 1.81 bits per heavy atom. The van der Waals surface area contributed by atoms with E-state index in [0.717, 1.165) is 34.6 Å². The minimum atomic E-state index is -4.83. The molecule has 9 nitrogen and oxygen atoms in total. The minimum Gasteiger partial charge on any atom is -0.486 e. The molecule has 4 rings (SSSR count). The van der Waals surface area contributed by atoms with Crippen LogP contribution >= 0.6 is 0 Å². The highest BCUT2D eigenvalue weighted by Crippen LogP contribution is 2.41. The Morgan fingerprint density at radius 1 is 1.07 bits per heavy atom. The number of rotatable bonds is 9. The first-order chi connectivity index (χ1) is 19.7. The third-order valence-electron chi connectivity index (χ3n) is 6.35. The van der Waals surface area contributed by atoms with Crippen LogP contribution in [0.5, 0.6) is 5.75 Å². The molecule has 0 spiro atoms. The van der Waals surface area contributed by atoms with Crippen LogP contribution in [0.1, 0.15) is 18.4 Å². The van der Waals surface area contributed by atoms with Crippen molar-refractivity contribution in [2.24, 2.45) is 0 Å². The molecule has 3 aromatic carbocycles. The Balaban J connectivity index is 1.69. The van der Waals surface area contributed by atoms with Crippen LogP contribution in [0.15, 0.2) is 65.6 Å². The number of anilines is 1. The summed E-state index contributed by atoms with van der Waals surface area (Å²) >= 11 is 0. The van der Waals surface area contributed by atoms with Crippen LogP contribution in [0, 0.1) is 11.6 Å². The lowest BCUT2D eigenvalue weighted by Gasteiger charge is -2.36. The average Bonchev–Trinajstić information content (AvgIpc) is 2.94. The van der Waals surface area contributed by atoms with Crippen molar-refractivity contribution in [2.75, 3.05) is 17.4 Å². The number of fused-ring (bicyclic) bond motifs is 1. The van der Waals surface area contributed by atoms with Crippen LogP contribution in [-0.4, -0.2) is 55.8 Å². The molecule has 1 amide bonds. The average molecular weight is 615 g/mol. The fraction of sp³-hybridized carbons (Fsp3) is 0.259. The van der Waals surface area contributed by atoms with Gasteiger partial charge in [0.05, 0.1) is 29.2 Å². The number of carboxylic acids is 1. The predicted octanol–water partition coefficient (Wildman–Crippen LogP) is 3.95. The van der Waals surface area contributed by atoms with Crippen molar-refractivity contribution in [3.05, 3.63) is 77.9 Å². The van der Waals surface area contributed by atoms with Crippen molar-refractivity contribution in [1.29, 1.82) is 0 Å². The summed E-state index contributed by atoms with van der Waals surface area (Å²) in [5.41, 5.74) is -1.49. The van der Waals surface area contributed by atoms with Gasteiger partial charge in [-0.05, 0) is 60.5 Å². The van der Waals surface area contributed by atoms with Gasteiger partial charge in [0.15, 0.2) is 6.10 Å². The van der Waals surface area contributed by atoms with E-state index in [9.17, 15) is 45.1 Å². The second-order valence-electron chi connectivity index (χ2n) is 9.31. The number of halogens is 5. The number of carbonyl (C=O) groups excluding carboxylic acids is 1. The van der Waals surface area contributed by atoms with E-state index in [1.807, 2.05) is 0 Å². The van der Waals surface area contributed by atoms with Gasteiger partial charge in [-0.15, -0.1) is 0 Å². The highest BCUT2D eigenvalue weighted by molar-refractivity contribution is 7.92. The number of alkyl halides is 3. The largest absolute Gasteiger partial charge is 0.486 e. The Hall–Kier alpha value is -4.24. The summed E-state index contributed by atoms with van der Waals surface area (Å²) in [6, 6.07) is 9.60. The zero-order valence-electron chi connectivity index (χ0n) is 21.4. The van der Waals surface area contributed by atoms with Crippen LogP contribution in [0.4, 0.5) is 27.6 Å². The number of hydrogen-bond acceptors (Lipinski definition) is 6. The number of benzene rings is 3. The predicted molar refractivity (Wildman–Crippen MR) is 138 cm³/mol. The number of aliphatic hydroxyl groups is 1. The van der Waals surface area contributed by atoms with E-state index in [1.165, 1.54) is 18.2 Å². The molecule has 0 radical (unpaired) electrons. The maximum Gasteiger partial charge on any atom is 0.416 e. The molecule has 0 aromatic heterocycles. The van der Waals surface area contributed by atoms with Crippen LogP contribution in [0.3, 0.4) is 0 Å². The molecule has 3 aromatic rings. The third-order valence-corrected chi connectivity index (χ3v) is 8.13. The lowest BCUT2D eigenvalue weighted by molar-refractivity contribution is -0.146. The third kappa shape index (κ3) is 6.79. The standard InChI is InChI=1S/C27H23F5N2O7S/c28-17-5-7-21(29)20(12-17)15-4-8-24-22(10-15)34(42(39,40)19-3-1-2-16(11-19)27(30,31)32)14-18(41-24)6-9-25(36)33-13-23(35)26(37)38/h1-5,7-8,10-12,18,23,35H,6,9,13-14H2,(H,33,36)(H,37,38)/t18-,23-/m0/s1. The summed E-state index contributed by atoms with van der Waals surface area (Å²) < 4.78 is 103. The van der Waals surface area contributed by atoms with Crippen LogP contribution in [0.2, 0.25) is 0 Å². The molecule has 1 aliphatic rings. The first-order valence-corrected chi connectivity index (χ1v) is 13.7. The minimum absolute atomic E-state index is 0.0518. The summed E-state index contributed by atoms with van der Waals surface area (Å²) in [6.45, 7) is -1.04. The van der Waals surface area contributed by atoms with E-state index in [-0.39, 0.29) is 35.4 Å². The maximum absolute atomic E-state index is 14.5. The van der Waals surface area contributed by atoms with Gasteiger partial charge in [0.25, 0.3) is 10.0 Å². The number of carboxylic acid groups (broad SMARTS) is 1. The zero-order chi connectivity index (χ0) is 30.8.